The first-order chi connectivity index (χ1) is 16.8. The van der Waals surface area contributed by atoms with Crippen molar-refractivity contribution >= 4 is 31.6 Å². The molecule has 6 nitrogen and oxygen atoms in total. The molecule has 0 amide bonds. The molecule has 0 atom stereocenters. The van der Waals surface area contributed by atoms with E-state index in [0.29, 0.717) is 39.6 Å². The van der Waals surface area contributed by atoms with Gasteiger partial charge in [0.2, 0.25) is 0 Å². The predicted molar refractivity (Wildman–Crippen MR) is 128 cm³/mol. The standard InChI is InChI=1S/3C9H9O2.Bi/c3*1-2-4-8(5-3-1)9-10-6-7-11-9;/h3*1-2,4-5,9H,6-7H2;. The second-order valence-electron chi connectivity index (χ2n) is 8.34. The van der Waals surface area contributed by atoms with Crippen molar-refractivity contribution in [3.05, 3.63) is 89.5 Å². The number of hydrogen-bond donors (Lipinski definition) is 0. The summed E-state index contributed by atoms with van der Waals surface area (Å²) in [6, 6.07) is 26.2. The molecule has 0 saturated carbocycles. The van der Waals surface area contributed by atoms with Crippen LogP contribution in [0.1, 0.15) is 35.6 Å². The Bertz CT molecular complexity index is 978. The van der Waals surface area contributed by atoms with E-state index < -0.39 is 21.8 Å². The van der Waals surface area contributed by atoms with Gasteiger partial charge in [0.1, 0.15) is 0 Å². The quantitative estimate of drug-likeness (QED) is 0.380. The Kier molecular flexibility index (Phi) is 7.03. The van der Waals surface area contributed by atoms with Crippen molar-refractivity contribution in [3.63, 3.8) is 0 Å². The van der Waals surface area contributed by atoms with Crippen LogP contribution in [0.25, 0.3) is 0 Å². The van der Waals surface area contributed by atoms with Gasteiger partial charge in [-0.25, -0.2) is 0 Å². The van der Waals surface area contributed by atoms with E-state index in [2.05, 4.69) is 72.8 Å². The molecular weight excluding hydrogens is 629 g/mol. The molecule has 176 valence electrons. The van der Waals surface area contributed by atoms with Crippen LogP contribution in [-0.2, 0) is 28.4 Å². The van der Waals surface area contributed by atoms with Crippen molar-refractivity contribution < 1.29 is 28.4 Å². The van der Waals surface area contributed by atoms with Gasteiger partial charge in [-0.1, -0.05) is 0 Å². The van der Waals surface area contributed by atoms with Gasteiger partial charge < -0.3 is 0 Å². The second-order valence-corrected chi connectivity index (χ2v) is 17.0. The van der Waals surface area contributed by atoms with Gasteiger partial charge in [0, 0.05) is 0 Å². The Morgan fingerprint density at radius 1 is 0.441 bits per heavy atom. The van der Waals surface area contributed by atoms with Crippen LogP contribution in [0.4, 0.5) is 0 Å². The van der Waals surface area contributed by atoms with Crippen molar-refractivity contribution in [2.75, 3.05) is 39.6 Å². The summed E-state index contributed by atoms with van der Waals surface area (Å²) in [5.41, 5.74) is 3.23. The minimum absolute atomic E-state index is 0.288. The van der Waals surface area contributed by atoms with Gasteiger partial charge in [0.25, 0.3) is 0 Å². The van der Waals surface area contributed by atoms with Crippen LogP contribution in [-0.4, -0.2) is 61.4 Å². The van der Waals surface area contributed by atoms with Gasteiger partial charge in [-0.3, -0.25) is 0 Å². The van der Waals surface area contributed by atoms with Crippen LogP contribution < -0.4 is 9.81 Å². The predicted octanol–water partition coefficient (Wildman–Crippen LogP) is 2.34. The van der Waals surface area contributed by atoms with Gasteiger partial charge in [0.05, 0.1) is 0 Å². The van der Waals surface area contributed by atoms with Gasteiger partial charge in [-0.2, -0.15) is 0 Å². The van der Waals surface area contributed by atoms with E-state index in [0.717, 1.165) is 16.7 Å². The summed E-state index contributed by atoms with van der Waals surface area (Å²) in [6.07, 6.45) is -0.864. The molecule has 0 aliphatic carbocycles. The Balaban J connectivity index is 1.42. The Hall–Kier alpha value is -1.70. The molecule has 6 rings (SSSR count). The number of rotatable bonds is 6. The zero-order chi connectivity index (χ0) is 22.7. The maximum atomic E-state index is 5.79. The fraction of sp³-hybridized carbons (Fsp3) is 0.333. The average Bonchev–Trinajstić information content (AvgIpc) is 3.68. The number of benzene rings is 3. The van der Waals surface area contributed by atoms with Crippen molar-refractivity contribution in [2.45, 2.75) is 18.9 Å². The molecule has 0 radical (unpaired) electrons. The molecule has 0 aromatic heterocycles. The van der Waals surface area contributed by atoms with Crippen LogP contribution in [0.15, 0.2) is 72.8 Å². The summed E-state index contributed by atoms with van der Waals surface area (Å²) in [5, 5.41) is 0. The van der Waals surface area contributed by atoms with Crippen molar-refractivity contribution in [1.82, 2.24) is 0 Å². The first-order valence-electron chi connectivity index (χ1n) is 11.6. The van der Waals surface area contributed by atoms with Crippen LogP contribution in [0.2, 0.25) is 0 Å². The van der Waals surface area contributed by atoms with Crippen molar-refractivity contribution in [2.24, 2.45) is 0 Å². The Morgan fingerprint density at radius 3 is 1.03 bits per heavy atom. The number of ether oxygens (including phenoxy) is 6. The number of hydrogen-bond acceptors (Lipinski definition) is 6. The van der Waals surface area contributed by atoms with E-state index in [9.17, 15) is 0 Å². The van der Waals surface area contributed by atoms with Gasteiger partial charge in [-0.05, 0) is 0 Å². The molecule has 0 spiro atoms. The fourth-order valence-corrected chi connectivity index (χ4v) is 14.0. The molecule has 0 N–H and O–H groups in total. The SMILES string of the molecule is c1cc(C2OCCO2)c[c]([Bi]([c]2cccc(C3OCCO3)c2)[c]2cccc(C3OCCO3)c2)c1. The van der Waals surface area contributed by atoms with Crippen LogP contribution >= 0.6 is 0 Å². The molecule has 34 heavy (non-hydrogen) atoms. The van der Waals surface area contributed by atoms with Crippen LogP contribution in [0, 0.1) is 0 Å². The summed E-state index contributed by atoms with van der Waals surface area (Å²) in [7, 11) is 0. The molecule has 3 aliphatic heterocycles. The van der Waals surface area contributed by atoms with E-state index >= 15 is 0 Å². The van der Waals surface area contributed by atoms with E-state index in [4.69, 9.17) is 28.4 Å². The van der Waals surface area contributed by atoms with Crippen molar-refractivity contribution in [3.8, 4) is 0 Å². The second kappa shape index (κ2) is 10.5. The van der Waals surface area contributed by atoms with Crippen molar-refractivity contribution in [1.29, 1.82) is 0 Å². The Labute approximate surface area is 207 Å². The first kappa shape index (κ1) is 22.7. The third-order valence-electron chi connectivity index (χ3n) is 6.07. The molecule has 3 aliphatic rings. The molecule has 0 unspecified atom stereocenters. The van der Waals surface area contributed by atoms with E-state index in [1.165, 1.54) is 9.81 Å². The Morgan fingerprint density at radius 2 is 0.735 bits per heavy atom. The third-order valence-corrected chi connectivity index (χ3v) is 15.3. The summed E-state index contributed by atoms with van der Waals surface area (Å²) in [6.45, 7) is 3.80. The minimum atomic E-state index is -2.72. The molecule has 3 heterocycles. The normalized spacial score (nSPS) is 20.0. The molecule has 7 heteroatoms. The van der Waals surface area contributed by atoms with Gasteiger partial charge >= 0.3 is 208 Å². The maximum absolute atomic E-state index is 5.79. The van der Waals surface area contributed by atoms with E-state index in [1.54, 1.807) is 0 Å². The molecular formula is C27H27BiO6. The zero-order valence-corrected chi connectivity index (χ0v) is 22.3. The fourth-order valence-electron chi connectivity index (χ4n) is 4.53. The van der Waals surface area contributed by atoms with Gasteiger partial charge in [-0.15, -0.1) is 0 Å². The average molecular weight is 656 g/mol. The van der Waals surface area contributed by atoms with E-state index in [-0.39, 0.29) is 18.9 Å². The van der Waals surface area contributed by atoms with Gasteiger partial charge in [0.15, 0.2) is 0 Å². The topological polar surface area (TPSA) is 55.4 Å². The molecule has 3 aromatic carbocycles. The first-order valence-corrected chi connectivity index (χ1v) is 16.9. The molecule has 0 bridgehead atoms. The molecule has 3 aromatic rings. The zero-order valence-electron chi connectivity index (χ0n) is 18.8. The summed E-state index contributed by atoms with van der Waals surface area (Å²) >= 11 is -2.72. The van der Waals surface area contributed by atoms with Crippen LogP contribution in [0.5, 0.6) is 0 Å². The summed E-state index contributed by atoms with van der Waals surface area (Å²) in [5.74, 6) is 0. The van der Waals surface area contributed by atoms with E-state index in [1.807, 2.05) is 0 Å². The van der Waals surface area contributed by atoms with Crippen LogP contribution in [0.3, 0.4) is 0 Å². The third kappa shape index (κ3) is 4.84. The summed E-state index contributed by atoms with van der Waals surface area (Å²) in [4.78, 5) is 0. The summed E-state index contributed by atoms with van der Waals surface area (Å²) < 4.78 is 38.8. The monoisotopic (exact) mass is 656 g/mol. The molecule has 3 fully saturated rings. The molecule has 3 saturated heterocycles.